The van der Waals surface area contributed by atoms with Crippen molar-refractivity contribution in [3.63, 3.8) is 0 Å². The zero-order valence-corrected chi connectivity index (χ0v) is 10.7. The van der Waals surface area contributed by atoms with Gasteiger partial charge in [-0.25, -0.2) is 0 Å². The van der Waals surface area contributed by atoms with Crippen LogP contribution in [-0.4, -0.2) is 31.6 Å². The van der Waals surface area contributed by atoms with Gasteiger partial charge in [-0.05, 0) is 43.9 Å². The van der Waals surface area contributed by atoms with Crippen molar-refractivity contribution < 1.29 is 4.74 Å². The van der Waals surface area contributed by atoms with E-state index >= 15 is 0 Å². The van der Waals surface area contributed by atoms with Crippen molar-refractivity contribution in [2.45, 2.75) is 13.0 Å². The van der Waals surface area contributed by atoms with Gasteiger partial charge >= 0.3 is 0 Å². The molecule has 0 N–H and O–H groups in total. The van der Waals surface area contributed by atoms with E-state index in [1.807, 2.05) is 6.07 Å². The molecular formula is C15H19NO. The first-order valence-corrected chi connectivity index (χ1v) is 5.95. The maximum absolute atomic E-state index is 5.89. The number of hydrogen-bond acceptors (Lipinski definition) is 2. The Morgan fingerprint density at radius 2 is 1.76 bits per heavy atom. The topological polar surface area (TPSA) is 12.5 Å². The Morgan fingerprint density at radius 1 is 1.06 bits per heavy atom. The van der Waals surface area contributed by atoms with Crippen LogP contribution in [0.4, 0.5) is 0 Å². The highest BCUT2D eigenvalue weighted by Gasteiger charge is 2.05. The summed E-state index contributed by atoms with van der Waals surface area (Å²) in [4.78, 5) is 2.13. The number of likely N-dealkylation sites (N-methyl/N-ethyl adjacent to an activating group) is 1. The first-order valence-electron chi connectivity index (χ1n) is 5.95. The van der Waals surface area contributed by atoms with Crippen LogP contribution in [-0.2, 0) is 0 Å². The number of ether oxygens (including phenoxy) is 1. The van der Waals surface area contributed by atoms with Crippen molar-refractivity contribution in [1.82, 2.24) is 4.90 Å². The van der Waals surface area contributed by atoms with Gasteiger partial charge in [0.1, 0.15) is 11.9 Å². The van der Waals surface area contributed by atoms with Crippen molar-refractivity contribution in [3.05, 3.63) is 42.5 Å². The van der Waals surface area contributed by atoms with E-state index in [0.29, 0.717) is 0 Å². The molecule has 0 aromatic heterocycles. The van der Waals surface area contributed by atoms with E-state index in [-0.39, 0.29) is 6.10 Å². The third-order valence-electron chi connectivity index (χ3n) is 2.68. The Labute approximate surface area is 103 Å². The molecule has 0 bridgehead atoms. The zero-order chi connectivity index (χ0) is 12.3. The fraction of sp³-hybridized carbons (Fsp3) is 0.333. The van der Waals surface area contributed by atoms with Crippen LogP contribution in [0.1, 0.15) is 6.92 Å². The molecule has 0 aliphatic heterocycles. The fourth-order valence-corrected chi connectivity index (χ4v) is 2.02. The molecule has 17 heavy (non-hydrogen) atoms. The highest BCUT2D eigenvalue weighted by Crippen LogP contribution is 2.21. The Morgan fingerprint density at radius 3 is 2.47 bits per heavy atom. The molecule has 0 fully saturated rings. The highest BCUT2D eigenvalue weighted by atomic mass is 16.5. The highest BCUT2D eigenvalue weighted by molar-refractivity contribution is 5.83. The Hall–Kier alpha value is -1.54. The standard InChI is InChI=1S/C15H19NO/c1-12(11-16(2)3)17-15-9-8-13-6-4-5-7-14(13)10-15/h4-10,12H,11H2,1-3H3/t12-/m0/s1. The van der Waals surface area contributed by atoms with E-state index in [1.54, 1.807) is 0 Å². The minimum absolute atomic E-state index is 0.200. The monoisotopic (exact) mass is 229 g/mol. The predicted molar refractivity (Wildman–Crippen MR) is 72.6 cm³/mol. The average Bonchev–Trinajstić information content (AvgIpc) is 2.27. The average molecular weight is 229 g/mol. The Bertz CT molecular complexity index is 493. The molecule has 0 heterocycles. The number of rotatable bonds is 4. The van der Waals surface area contributed by atoms with Crippen LogP contribution in [0.3, 0.4) is 0 Å². The van der Waals surface area contributed by atoms with E-state index in [1.165, 1.54) is 10.8 Å². The lowest BCUT2D eigenvalue weighted by Gasteiger charge is -2.18. The zero-order valence-electron chi connectivity index (χ0n) is 10.7. The number of fused-ring (bicyclic) bond motifs is 1. The minimum atomic E-state index is 0.200. The van der Waals surface area contributed by atoms with Crippen molar-refractivity contribution in [1.29, 1.82) is 0 Å². The summed E-state index contributed by atoms with van der Waals surface area (Å²) in [6.07, 6.45) is 0.200. The first-order chi connectivity index (χ1) is 8.15. The van der Waals surface area contributed by atoms with Crippen molar-refractivity contribution >= 4 is 10.8 Å². The van der Waals surface area contributed by atoms with Gasteiger partial charge in [0.05, 0.1) is 0 Å². The van der Waals surface area contributed by atoms with Gasteiger partial charge in [0.15, 0.2) is 0 Å². The second-order valence-corrected chi connectivity index (χ2v) is 4.70. The van der Waals surface area contributed by atoms with E-state index in [4.69, 9.17) is 4.74 Å². The Balaban J connectivity index is 2.14. The van der Waals surface area contributed by atoms with E-state index in [9.17, 15) is 0 Å². The molecule has 0 amide bonds. The van der Waals surface area contributed by atoms with E-state index in [2.05, 4.69) is 62.3 Å². The second kappa shape index (κ2) is 5.19. The summed E-state index contributed by atoms with van der Waals surface area (Å²) < 4.78 is 5.89. The van der Waals surface area contributed by atoms with Crippen molar-refractivity contribution in [2.75, 3.05) is 20.6 Å². The van der Waals surface area contributed by atoms with Gasteiger partial charge in [-0.3, -0.25) is 0 Å². The lowest BCUT2D eigenvalue weighted by atomic mass is 10.1. The van der Waals surface area contributed by atoms with E-state index in [0.717, 1.165) is 12.3 Å². The number of hydrogen-bond donors (Lipinski definition) is 0. The molecule has 0 radical (unpaired) electrons. The summed E-state index contributed by atoms with van der Waals surface area (Å²) in [6, 6.07) is 14.6. The maximum Gasteiger partial charge on any atom is 0.120 e. The molecule has 2 aromatic rings. The fourth-order valence-electron chi connectivity index (χ4n) is 2.02. The molecule has 0 aliphatic carbocycles. The number of benzene rings is 2. The van der Waals surface area contributed by atoms with Gasteiger partial charge in [0, 0.05) is 6.54 Å². The van der Waals surface area contributed by atoms with Gasteiger partial charge < -0.3 is 9.64 Å². The molecule has 0 saturated carbocycles. The van der Waals surface area contributed by atoms with E-state index < -0.39 is 0 Å². The van der Waals surface area contributed by atoms with Gasteiger partial charge in [-0.15, -0.1) is 0 Å². The summed E-state index contributed by atoms with van der Waals surface area (Å²) in [7, 11) is 4.11. The summed E-state index contributed by atoms with van der Waals surface area (Å²) in [5.74, 6) is 0.943. The first kappa shape index (κ1) is 11.9. The molecular weight excluding hydrogens is 210 g/mol. The summed E-state index contributed by atoms with van der Waals surface area (Å²) in [5, 5.41) is 2.47. The summed E-state index contributed by atoms with van der Waals surface area (Å²) in [6.45, 7) is 3.02. The van der Waals surface area contributed by atoms with Gasteiger partial charge in [-0.1, -0.05) is 30.3 Å². The molecule has 2 heteroatoms. The molecule has 0 saturated heterocycles. The lowest BCUT2D eigenvalue weighted by Crippen LogP contribution is -2.27. The van der Waals surface area contributed by atoms with Crippen LogP contribution in [0, 0.1) is 0 Å². The van der Waals surface area contributed by atoms with Gasteiger partial charge in [-0.2, -0.15) is 0 Å². The normalized spacial score (nSPS) is 12.9. The van der Waals surface area contributed by atoms with Crippen LogP contribution in [0.15, 0.2) is 42.5 Å². The van der Waals surface area contributed by atoms with Crippen LogP contribution in [0.25, 0.3) is 10.8 Å². The SMILES string of the molecule is C[C@@H](CN(C)C)Oc1ccc2ccccc2c1. The van der Waals surface area contributed by atoms with Crippen LogP contribution in [0.5, 0.6) is 5.75 Å². The number of nitrogens with zero attached hydrogens (tertiary/aromatic N) is 1. The largest absolute Gasteiger partial charge is 0.489 e. The van der Waals surface area contributed by atoms with Crippen molar-refractivity contribution in [3.8, 4) is 5.75 Å². The predicted octanol–water partition coefficient (Wildman–Crippen LogP) is 3.17. The Kier molecular flexibility index (Phi) is 3.64. The second-order valence-electron chi connectivity index (χ2n) is 4.70. The minimum Gasteiger partial charge on any atom is -0.489 e. The van der Waals surface area contributed by atoms with Gasteiger partial charge in [0.2, 0.25) is 0 Å². The van der Waals surface area contributed by atoms with Crippen LogP contribution in [0.2, 0.25) is 0 Å². The smallest absolute Gasteiger partial charge is 0.120 e. The molecule has 0 aliphatic rings. The molecule has 0 unspecified atom stereocenters. The van der Waals surface area contributed by atoms with Crippen molar-refractivity contribution in [2.24, 2.45) is 0 Å². The lowest BCUT2D eigenvalue weighted by molar-refractivity contribution is 0.177. The third-order valence-corrected chi connectivity index (χ3v) is 2.68. The third kappa shape index (κ3) is 3.21. The van der Waals surface area contributed by atoms with Gasteiger partial charge in [0.25, 0.3) is 0 Å². The quantitative estimate of drug-likeness (QED) is 0.798. The summed E-state index contributed by atoms with van der Waals surface area (Å²) >= 11 is 0. The maximum atomic E-state index is 5.89. The van der Waals surface area contributed by atoms with Crippen LogP contribution >= 0.6 is 0 Å². The molecule has 2 nitrogen and oxygen atoms in total. The van der Waals surface area contributed by atoms with Crippen LogP contribution < -0.4 is 4.74 Å². The molecule has 90 valence electrons. The summed E-state index contributed by atoms with van der Waals surface area (Å²) in [5.41, 5.74) is 0. The molecule has 1 atom stereocenters. The molecule has 2 aromatic carbocycles. The molecule has 2 rings (SSSR count). The molecule has 0 spiro atoms.